The lowest BCUT2D eigenvalue weighted by atomic mass is 9.73. The number of hydrogen-bond acceptors (Lipinski definition) is 6. The highest BCUT2D eigenvalue weighted by atomic mass is 32.1. The highest BCUT2D eigenvalue weighted by Crippen LogP contribution is 2.55. The average molecular weight is 376 g/mol. The third-order valence-electron chi connectivity index (χ3n) is 6.92. The summed E-state index contributed by atoms with van der Waals surface area (Å²) >= 11 is 1.06. The zero-order valence-electron chi connectivity index (χ0n) is 14.9. The number of rotatable bonds is 4. The van der Waals surface area contributed by atoms with Crippen molar-refractivity contribution >= 4 is 23.5 Å². The summed E-state index contributed by atoms with van der Waals surface area (Å²) in [5, 5.41) is 3.03. The second-order valence-corrected chi connectivity index (χ2v) is 8.81. The van der Waals surface area contributed by atoms with Crippen LogP contribution < -0.4 is 5.32 Å². The largest absolute Gasteiger partial charge is 0.369 e. The molecule has 0 aromatic carbocycles. The Kier molecular flexibility index (Phi) is 3.83. The van der Waals surface area contributed by atoms with Crippen molar-refractivity contribution in [3.8, 4) is 0 Å². The minimum Gasteiger partial charge on any atom is -0.369 e. The molecule has 7 nitrogen and oxygen atoms in total. The third kappa shape index (κ3) is 2.41. The summed E-state index contributed by atoms with van der Waals surface area (Å²) in [7, 11) is 0. The van der Waals surface area contributed by atoms with Gasteiger partial charge in [-0.25, -0.2) is 0 Å². The first-order valence-corrected chi connectivity index (χ1v) is 10.3. The Labute approximate surface area is 156 Å². The number of hydrogen-bond donors (Lipinski definition) is 1. The second kappa shape index (κ2) is 5.99. The Hall–Kier alpha value is -1.54. The molecule has 5 rings (SSSR count). The van der Waals surface area contributed by atoms with Crippen molar-refractivity contribution in [2.24, 2.45) is 17.8 Å². The van der Waals surface area contributed by atoms with Crippen LogP contribution in [0.1, 0.15) is 48.3 Å². The summed E-state index contributed by atoms with van der Waals surface area (Å²) < 4.78 is 14.5. The number of amides is 2. The van der Waals surface area contributed by atoms with Gasteiger partial charge in [0.1, 0.15) is 0 Å². The van der Waals surface area contributed by atoms with E-state index in [0.29, 0.717) is 29.8 Å². The van der Waals surface area contributed by atoms with Gasteiger partial charge < -0.3 is 15.0 Å². The molecule has 0 unspecified atom stereocenters. The van der Waals surface area contributed by atoms with Gasteiger partial charge in [0.15, 0.2) is 5.69 Å². The number of ether oxygens (including phenoxy) is 1. The lowest BCUT2D eigenvalue weighted by Crippen LogP contribution is -2.42. The number of aryl methyl sites for hydroxylation is 1. The minimum absolute atomic E-state index is 0.159. The van der Waals surface area contributed by atoms with E-state index in [4.69, 9.17) is 4.74 Å². The first kappa shape index (κ1) is 16.6. The molecule has 140 valence electrons. The maximum atomic E-state index is 12.7. The number of likely N-dealkylation sites (tertiary alicyclic amines) is 1. The van der Waals surface area contributed by atoms with Gasteiger partial charge in [-0.15, -0.1) is 0 Å². The van der Waals surface area contributed by atoms with Crippen LogP contribution in [0.3, 0.4) is 0 Å². The van der Waals surface area contributed by atoms with Gasteiger partial charge in [-0.05, 0) is 32.6 Å². The normalized spacial score (nSPS) is 35.4. The minimum atomic E-state index is -0.169. The lowest BCUT2D eigenvalue weighted by molar-refractivity contribution is -0.138. The monoisotopic (exact) mass is 376 g/mol. The van der Waals surface area contributed by atoms with E-state index in [9.17, 15) is 9.59 Å². The Morgan fingerprint density at radius 2 is 2.19 bits per heavy atom. The molecule has 2 bridgehead atoms. The van der Waals surface area contributed by atoms with E-state index in [1.165, 1.54) is 6.42 Å². The summed E-state index contributed by atoms with van der Waals surface area (Å²) in [4.78, 5) is 27.1. The van der Waals surface area contributed by atoms with E-state index < -0.39 is 0 Å². The molecule has 3 aliphatic heterocycles. The van der Waals surface area contributed by atoms with Gasteiger partial charge in [0.25, 0.3) is 5.91 Å². The molecule has 0 radical (unpaired) electrons. The van der Waals surface area contributed by atoms with E-state index in [-0.39, 0.29) is 29.4 Å². The van der Waals surface area contributed by atoms with E-state index in [1.807, 2.05) is 4.90 Å². The van der Waals surface area contributed by atoms with Crippen LogP contribution in [0.4, 0.5) is 0 Å². The molecule has 1 aromatic heterocycles. The zero-order valence-corrected chi connectivity index (χ0v) is 15.8. The molecule has 4 fully saturated rings. The van der Waals surface area contributed by atoms with Crippen molar-refractivity contribution in [3.63, 3.8) is 0 Å². The molecule has 1 aromatic rings. The van der Waals surface area contributed by atoms with Crippen LogP contribution in [0, 0.1) is 24.7 Å². The van der Waals surface area contributed by atoms with E-state index in [1.54, 1.807) is 6.92 Å². The smallest absolute Gasteiger partial charge is 0.272 e. The van der Waals surface area contributed by atoms with Gasteiger partial charge in [-0.2, -0.15) is 8.75 Å². The van der Waals surface area contributed by atoms with Crippen molar-refractivity contribution < 1.29 is 14.3 Å². The number of fused-ring (bicyclic) bond motifs is 1. The molecule has 26 heavy (non-hydrogen) atoms. The lowest BCUT2D eigenvalue weighted by Gasteiger charge is -2.30. The van der Waals surface area contributed by atoms with Crippen molar-refractivity contribution in [1.82, 2.24) is 19.0 Å². The molecule has 1 saturated carbocycles. The fraction of sp³-hybridized carbons (Fsp3) is 0.778. The summed E-state index contributed by atoms with van der Waals surface area (Å²) in [6.07, 6.45) is 5.53. The van der Waals surface area contributed by atoms with Crippen LogP contribution in [0.5, 0.6) is 0 Å². The fourth-order valence-electron chi connectivity index (χ4n) is 5.28. The number of carbonyl (C=O) groups excluding carboxylic acids is 2. The molecule has 1 N–H and O–H groups in total. The van der Waals surface area contributed by atoms with Crippen LogP contribution in [0.2, 0.25) is 0 Å². The predicted octanol–water partition coefficient (Wildman–Crippen LogP) is 1.38. The quantitative estimate of drug-likeness (QED) is 0.858. The van der Waals surface area contributed by atoms with Gasteiger partial charge >= 0.3 is 0 Å². The molecule has 3 saturated heterocycles. The van der Waals surface area contributed by atoms with Crippen LogP contribution in [-0.2, 0) is 9.53 Å². The first-order valence-electron chi connectivity index (χ1n) is 9.61. The van der Waals surface area contributed by atoms with Crippen molar-refractivity contribution in [1.29, 1.82) is 0 Å². The summed E-state index contributed by atoms with van der Waals surface area (Å²) in [6, 6.07) is 0. The summed E-state index contributed by atoms with van der Waals surface area (Å²) in [5.74, 6) is 1.01. The zero-order chi connectivity index (χ0) is 17.9. The number of carbonyl (C=O) groups is 2. The topological polar surface area (TPSA) is 84.4 Å². The molecular formula is C18H24N4O3S. The van der Waals surface area contributed by atoms with Crippen LogP contribution in [0.25, 0.3) is 0 Å². The maximum Gasteiger partial charge on any atom is 0.272 e. The Morgan fingerprint density at radius 3 is 2.88 bits per heavy atom. The van der Waals surface area contributed by atoms with Crippen LogP contribution in [0.15, 0.2) is 0 Å². The van der Waals surface area contributed by atoms with Gasteiger partial charge in [0.05, 0.1) is 35.7 Å². The van der Waals surface area contributed by atoms with E-state index in [0.717, 1.165) is 50.5 Å². The molecule has 1 spiro atoms. The molecular weight excluding hydrogens is 352 g/mol. The molecule has 1 aliphatic carbocycles. The van der Waals surface area contributed by atoms with Gasteiger partial charge in [0.2, 0.25) is 5.91 Å². The van der Waals surface area contributed by atoms with Crippen LogP contribution in [-0.4, -0.2) is 56.8 Å². The number of nitrogens with zero attached hydrogens (tertiary/aromatic N) is 3. The SMILES string of the molecule is Cc1nsnc1C(=O)NC[C@H]1[C@H]2CN(C(=O)C3CCC3)C[C@]23CC[C@H]1O3. The average Bonchev–Trinajstić information content (AvgIpc) is 3.30. The number of aromatic nitrogens is 2. The van der Waals surface area contributed by atoms with E-state index in [2.05, 4.69) is 14.1 Å². The van der Waals surface area contributed by atoms with Gasteiger partial charge in [-0.3, -0.25) is 9.59 Å². The highest BCUT2D eigenvalue weighted by Gasteiger charge is 2.63. The predicted molar refractivity (Wildman–Crippen MR) is 94.7 cm³/mol. The third-order valence-corrected chi connectivity index (χ3v) is 7.54. The van der Waals surface area contributed by atoms with Crippen molar-refractivity contribution in [2.45, 2.75) is 50.7 Å². The van der Waals surface area contributed by atoms with Gasteiger partial charge in [-0.1, -0.05) is 6.42 Å². The summed E-state index contributed by atoms with van der Waals surface area (Å²) in [5.41, 5.74) is 0.922. The van der Waals surface area contributed by atoms with Crippen molar-refractivity contribution in [3.05, 3.63) is 11.4 Å². The molecule has 4 atom stereocenters. The van der Waals surface area contributed by atoms with Gasteiger partial charge in [0, 0.05) is 30.8 Å². The Balaban J connectivity index is 1.26. The van der Waals surface area contributed by atoms with Crippen LogP contribution >= 0.6 is 11.7 Å². The fourth-order valence-corrected chi connectivity index (χ4v) is 5.82. The molecule has 4 aliphatic rings. The maximum absolute atomic E-state index is 12.7. The standard InChI is InChI=1S/C18H24N4O3S/c1-10-15(21-26-20-10)16(23)19-7-12-13-8-22(17(24)11-3-2-4-11)9-18(13)6-5-14(12)25-18/h11-14H,2-9H2,1H3,(H,19,23)/t12-,13+,14+,18+/m0/s1. The summed E-state index contributed by atoms with van der Waals surface area (Å²) in [6.45, 7) is 3.90. The number of nitrogens with one attached hydrogen (secondary N) is 1. The molecule has 4 heterocycles. The van der Waals surface area contributed by atoms with E-state index >= 15 is 0 Å². The Morgan fingerprint density at radius 1 is 1.35 bits per heavy atom. The molecule has 2 amide bonds. The molecule has 8 heteroatoms. The first-order chi connectivity index (χ1) is 12.6. The highest BCUT2D eigenvalue weighted by molar-refractivity contribution is 6.99. The Bertz CT molecular complexity index is 749. The van der Waals surface area contributed by atoms with Crippen molar-refractivity contribution in [2.75, 3.05) is 19.6 Å². The second-order valence-electron chi connectivity index (χ2n) is 8.28.